The molecule has 7 heteroatoms. The molecular weight excluding hydrogens is 398 g/mol. The molecule has 0 N–H and O–H groups in total. The molecule has 0 spiro atoms. The van der Waals surface area contributed by atoms with E-state index in [0.29, 0.717) is 0 Å². The predicted molar refractivity (Wildman–Crippen MR) is 105 cm³/mol. The summed E-state index contributed by atoms with van der Waals surface area (Å²) in [6.07, 6.45) is 3.49. The summed E-state index contributed by atoms with van der Waals surface area (Å²) in [5, 5.41) is 14.0. The van der Waals surface area contributed by atoms with Gasteiger partial charge in [-0.3, -0.25) is 4.98 Å². The van der Waals surface area contributed by atoms with Crippen molar-refractivity contribution in [1.82, 2.24) is 19.9 Å². The van der Waals surface area contributed by atoms with E-state index in [1.165, 1.54) is 5.56 Å². The SMILES string of the molecule is CC(C)c1nnc(SCc2ccc(Br)cc2)n1/N=C/c1ccccn1. The lowest BCUT2D eigenvalue weighted by molar-refractivity contribution is 0.667. The van der Waals surface area contributed by atoms with Crippen molar-refractivity contribution < 1.29 is 0 Å². The van der Waals surface area contributed by atoms with Gasteiger partial charge in [-0.25, -0.2) is 0 Å². The second-order valence-corrected chi connectivity index (χ2v) is 7.58. The van der Waals surface area contributed by atoms with Crippen LogP contribution in [-0.4, -0.2) is 26.1 Å². The summed E-state index contributed by atoms with van der Waals surface area (Å²) in [6.45, 7) is 4.17. The van der Waals surface area contributed by atoms with E-state index < -0.39 is 0 Å². The van der Waals surface area contributed by atoms with Crippen LogP contribution < -0.4 is 0 Å². The average Bonchev–Trinajstić information content (AvgIpc) is 3.03. The van der Waals surface area contributed by atoms with Gasteiger partial charge in [0.05, 0.1) is 11.9 Å². The molecule has 3 rings (SSSR count). The van der Waals surface area contributed by atoms with Crippen molar-refractivity contribution in [2.45, 2.75) is 30.7 Å². The maximum absolute atomic E-state index is 4.56. The van der Waals surface area contributed by atoms with Gasteiger partial charge in [-0.15, -0.1) is 10.2 Å². The van der Waals surface area contributed by atoms with Crippen molar-refractivity contribution in [3.63, 3.8) is 0 Å². The molecule has 0 aliphatic rings. The Morgan fingerprint density at radius 3 is 2.64 bits per heavy atom. The molecule has 0 aliphatic carbocycles. The van der Waals surface area contributed by atoms with Crippen LogP contribution >= 0.6 is 27.7 Å². The van der Waals surface area contributed by atoms with Crippen molar-refractivity contribution in [3.8, 4) is 0 Å². The molecule has 0 saturated heterocycles. The number of thioether (sulfide) groups is 1. The normalized spacial score (nSPS) is 11.5. The number of hydrogen-bond donors (Lipinski definition) is 0. The van der Waals surface area contributed by atoms with Gasteiger partial charge in [0.25, 0.3) is 0 Å². The molecule has 2 heterocycles. The molecular formula is C18H18BrN5S. The summed E-state index contributed by atoms with van der Waals surface area (Å²) in [6, 6.07) is 14.0. The summed E-state index contributed by atoms with van der Waals surface area (Å²) in [4.78, 5) is 4.27. The molecule has 0 bridgehead atoms. The minimum Gasteiger partial charge on any atom is -0.255 e. The Morgan fingerprint density at radius 1 is 1.16 bits per heavy atom. The van der Waals surface area contributed by atoms with Crippen molar-refractivity contribution >= 4 is 33.9 Å². The van der Waals surface area contributed by atoms with E-state index in [4.69, 9.17) is 0 Å². The van der Waals surface area contributed by atoms with E-state index in [2.05, 4.69) is 62.2 Å². The van der Waals surface area contributed by atoms with Gasteiger partial charge in [0.2, 0.25) is 5.16 Å². The van der Waals surface area contributed by atoms with Gasteiger partial charge in [0.15, 0.2) is 5.82 Å². The Kier molecular flexibility index (Phi) is 5.99. The smallest absolute Gasteiger partial charge is 0.212 e. The molecule has 0 fully saturated rings. The Labute approximate surface area is 159 Å². The van der Waals surface area contributed by atoms with Crippen LogP contribution in [0.5, 0.6) is 0 Å². The van der Waals surface area contributed by atoms with Crippen LogP contribution in [0.3, 0.4) is 0 Å². The molecule has 0 atom stereocenters. The topological polar surface area (TPSA) is 56.0 Å². The van der Waals surface area contributed by atoms with Crippen LogP contribution in [0.1, 0.15) is 36.8 Å². The molecule has 1 aromatic carbocycles. The van der Waals surface area contributed by atoms with Gasteiger partial charge in [0.1, 0.15) is 0 Å². The van der Waals surface area contributed by atoms with Crippen molar-refractivity contribution in [2.24, 2.45) is 5.10 Å². The number of hydrogen-bond acceptors (Lipinski definition) is 5. The number of halogens is 1. The Balaban J connectivity index is 1.81. The highest BCUT2D eigenvalue weighted by molar-refractivity contribution is 9.10. The molecule has 0 unspecified atom stereocenters. The van der Waals surface area contributed by atoms with Gasteiger partial charge < -0.3 is 0 Å². The monoisotopic (exact) mass is 415 g/mol. The molecule has 0 aliphatic heterocycles. The third-order valence-corrected chi connectivity index (χ3v) is 4.95. The van der Waals surface area contributed by atoms with E-state index >= 15 is 0 Å². The molecule has 0 saturated carbocycles. The standard InChI is InChI=1S/C18H18BrN5S/c1-13(2)17-22-23-18(25-12-14-6-8-15(19)9-7-14)24(17)21-11-16-5-3-4-10-20-16/h3-11,13H,12H2,1-2H3/b21-11+. The predicted octanol–water partition coefficient (Wildman–Crippen LogP) is 4.73. The van der Waals surface area contributed by atoms with Crippen molar-refractivity contribution in [2.75, 3.05) is 0 Å². The second kappa shape index (κ2) is 8.40. The molecule has 3 aromatic rings. The third kappa shape index (κ3) is 4.76. The van der Waals surface area contributed by atoms with Crippen LogP contribution in [0.25, 0.3) is 0 Å². The highest BCUT2D eigenvalue weighted by atomic mass is 79.9. The third-order valence-electron chi connectivity index (χ3n) is 3.43. The number of benzene rings is 1. The van der Waals surface area contributed by atoms with E-state index in [1.807, 2.05) is 35.0 Å². The van der Waals surface area contributed by atoms with Gasteiger partial charge in [-0.2, -0.15) is 9.78 Å². The van der Waals surface area contributed by atoms with E-state index in [1.54, 1.807) is 24.2 Å². The highest BCUT2D eigenvalue weighted by Gasteiger charge is 2.15. The Hall–Kier alpha value is -1.99. The maximum atomic E-state index is 4.56. The van der Waals surface area contributed by atoms with Gasteiger partial charge in [-0.1, -0.05) is 59.7 Å². The second-order valence-electron chi connectivity index (χ2n) is 5.72. The minimum absolute atomic E-state index is 0.232. The fourth-order valence-electron chi connectivity index (χ4n) is 2.13. The first kappa shape index (κ1) is 17.8. The first-order valence-corrected chi connectivity index (χ1v) is 9.69. The Bertz CT molecular complexity index is 844. The van der Waals surface area contributed by atoms with E-state index in [-0.39, 0.29) is 5.92 Å². The summed E-state index contributed by atoms with van der Waals surface area (Å²) < 4.78 is 2.88. The van der Waals surface area contributed by atoms with E-state index in [9.17, 15) is 0 Å². The van der Waals surface area contributed by atoms with Crippen LogP contribution in [0, 0.1) is 0 Å². The fourth-order valence-corrected chi connectivity index (χ4v) is 3.25. The zero-order valence-corrected chi connectivity index (χ0v) is 16.4. The number of aromatic nitrogens is 4. The lowest BCUT2D eigenvalue weighted by Crippen LogP contribution is -2.02. The summed E-state index contributed by atoms with van der Waals surface area (Å²) >= 11 is 5.08. The average molecular weight is 416 g/mol. The molecule has 2 aromatic heterocycles. The first-order chi connectivity index (χ1) is 12.1. The van der Waals surface area contributed by atoms with Crippen molar-refractivity contribution in [1.29, 1.82) is 0 Å². The van der Waals surface area contributed by atoms with Gasteiger partial charge in [-0.05, 0) is 29.8 Å². The molecule has 5 nitrogen and oxygen atoms in total. The van der Waals surface area contributed by atoms with E-state index in [0.717, 1.165) is 26.9 Å². The quantitative estimate of drug-likeness (QED) is 0.431. The largest absolute Gasteiger partial charge is 0.255 e. The fraction of sp³-hybridized carbons (Fsp3) is 0.222. The lowest BCUT2D eigenvalue weighted by Gasteiger charge is -2.06. The summed E-state index contributed by atoms with van der Waals surface area (Å²) in [5.41, 5.74) is 2.03. The number of rotatable bonds is 6. The Morgan fingerprint density at radius 2 is 1.96 bits per heavy atom. The van der Waals surface area contributed by atoms with Crippen LogP contribution in [0.4, 0.5) is 0 Å². The van der Waals surface area contributed by atoms with Crippen molar-refractivity contribution in [3.05, 3.63) is 70.2 Å². The van der Waals surface area contributed by atoms with Crippen LogP contribution in [0.2, 0.25) is 0 Å². The maximum Gasteiger partial charge on any atom is 0.212 e. The highest BCUT2D eigenvalue weighted by Crippen LogP contribution is 2.25. The van der Waals surface area contributed by atoms with Gasteiger partial charge in [0, 0.05) is 22.3 Å². The first-order valence-electron chi connectivity index (χ1n) is 7.91. The zero-order chi connectivity index (χ0) is 17.6. The molecule has 0 amide bonds. The molecule has 25 heavy (non-hydrogen) atoms. The summed E-state index contributed by atoms with van der Waals surface area (Å²) in [7, 11) is 0. The lowest BCUT2D eigenvalue weighted by atomic mass is 10.2. The minimum atomic E-state index is 0.232. The summed E-state index contributed by atoms with van der Waals surface area (Å²) in [5.74, 6) is 1.88. The zero-order valence-electron chi connectivity index (χ0n) is 14.0. The van der Waals surface area contributed by atoms with Crippen LogP contribution in [-0.2, 0) is 5.75 Å². The molecule has 0 radical (unpaired) electrons. The molecule has 128 valence electrons. The van der Waals surface area contributed by atoms with Gasteiger partial charge >= 0.3 is 0 Å². The number of nitrogens with zero attached hydrogens (tertiary/aromatic N) is 5. The number of pyridine rings is 1. The van der Waals surface area contributed by atoms with Crippen LogP contribution in [0.15, 0.2) is 63.4 Å².